The number of primary amides is 1. The van der Waals surface area contributed by atoms with Crippen LogP contribution in [-0.2, 0) is 11.3 Å². The predicted molar refractivity (Wildman–Crippen MR) is 143 cm³/mol. The molecule has 2 amide bonds. The zero-order chi connectivity index (χ0) is 25.9. The summed E-state index contributed by atoms with van der Waals surface area (Å²) in [4.78, 5) is 43.2. The third-order valence-electron chi connectivity index (χ3n) is 6.90. The minimum absolute atomic E-state index is 0.0873. The van der Waals surface area contributed by atoms with E-state index in [9.17, 15) is 9.59 Å². The lowest BCUT2D eigenvalue weighted by atomic mass is 9.93. The maximum atomic E-state index is 13.6. The quantitative estimate of drug-likeness (QED) is 0.416. The third kappa shape index (κ3) is 5.02. The van der Waals surface area contributed by atoms with Gasteiger partial charge in [0.2, 0.25) is 17.8 Å². The Hall–Kier alpha value is -4.27. The Balaban J connectivity index is 1.47. The van der Waals surface area contributed by atoms with Crippen LogP contribution >= 0.6 is 0 Å². The van der Waals surface area contributed by atoms with Crippen molar-refractivity contribution in [2.45, 2.75) is 38.3 Å². The normalized spacial score (nSPS) is 15.6. The minimum atomic E-state index is -0.490. The lowest BCUT2D eigenvalue weighted by Gasteiger charge is -2.36. The molecule has 1 fully saturated rings. The number of anilines is 1. The van der Waals surface area contributed by atoms with Crippen molar-refractivity contribution in [3.63, 3.8) is 0 Å². The van der Waals surface area contributed by atoms with Crippen LogP contribution < -0.4 is 10.6 Å². The molecule has 4 aromatic rings. The largest absolute Gasteiger partial charge is 0.366 e. The van der Waals surface area contributed by atoms with E-state index in [-0.39, 0.29) is 11.9 Å². The fourth-order valence-electron chi connectivity index (χ4n) is 4.98. The van der Waals surface area contributed by atoms with Gasteiger partial charge in [0, 0.05) is 50.9 Å². The maximum Gasteiger partial charge on any atom is 0.248 e. The molecule has 2 aromatic heterocycles. The molecule has 3 heterocycles. The van der Waals surface area contributed by atoms with Crippen molar-refractivity contribution in [3.05, 3.63) is 72.3 Å². The van der Waals surface area contributed by atoms with Crippen molar-refractivity contribution >= 4 is 28.8 Å². The van der Waals surface area contributed by atoms with Crippen molar-refractivity contribution in [2.75, 3.05) is 25.5 Å². The number of carbonyl (C=O) groups excluding carboxylic acids is 2. The summed E-state index contributed by atoms with van der Waals surface area (Å²) in [5.74, 6) is 0.174. The predicted octanol–water partition coefficient (Wildman–Crippen LogP) is 3.80. The number of carbonyl (C=O) groups is 2. The molecule has 1 saturated heterocycles. The monoisotopic (exact) mass is 497 g/mol. The van der Waals surface area contributed by atoms with Crippen LogP contribution in [0.25, 0.3) is 22.2 Å². The summed E-state index contributed by atoms with van der Waals surface area (Å²) in [6.07, 6.45) is 6.72. The molecule has 0 spiro atoms. The number of rotatable bonds is 7. The molecule has 0 aliphatic carbocycles. The summed E-state index contributed by atoms with van der Waals surface area (Å²) in [5.41, 5.74) is 10.3. The van der Waals surface area contributed by atoms with Gasteiger partial charge in [0.25, 0.3) is 0 Å². The number of hydrogen-bond acceptors (Lipinski definition) is 6. The second kappa shape index (κ2) is 10.4. The number of aryl methyl sites for hydroxylation is 1. The maximum absolute atomic E-state index is 13.6. The number of piperidine rings is 1. The second-order valence-corrected chi connectivity index (χ2v) is 9.58. The summed E-state index contributed by atoms with van der Waals surface area (Å²) in [6, 6.07) is 14.9. The molecule has 2 N–H and O–H groups in total. The van der Waals surface area contributed by atoms with Gasteiger partial charge in [0.15, 0.2) is 0 Å². The molecule has 1 atom stereocenters. The van der Waals surface area contributed by atoms with Crippen LogP contribution in [0.3, 0.4) is 0 Å². The fraction of sp³-hybridized carbons (Fsp3) is 0.321. The lowest BCUT2D eigenvalue weighted by molar-refractivity contribution is -0.135. The van der Waals surface area contributed by atoms with Crippen LogP contribution in [-0.4, -0.2) is 56.9 Å². The Labute approximate surface area is 215 Å². The first-order valence-electron chi connectivity index (χ1n) is 12.6. The highest BCUT2D eigenvalue weighted by Gasteiger charge is 2.31. The number of para-hydroxylation sites is 2. The van der Waals surface area contributed by atoms with Gasteiger partial charge in [-0.25, -0.2) is 15.0 Å². The molecule has 37 heavy (non-hydrogen) atoms. The highest BCUT2D eigenvalue weighted by molar-refractivity contribution is 5.94. The van der Waals surface area contributed by atoms with E-state index < -0.39 is 5.91 Å². The van der Waals surface area contributed by atoms with Gasteiger partial charge in [0.1, 0.15) is 0 Å². The van der Waals surface area contributed by atoms with Gasteiger partial charge in [-0.3, -0.25) is 9.59 Å². The number of fused-ring (bicyclic) bond motifs is 1. The molecule has 2 aromatic carbocycles. The number of imidazole rings is 1. The van der Waals surface area contributed by atoms with Crippen molar-refractivity contribution in [2.24, 2.45) is 5.73 Å². The Bertz CT molecular complexity index is 1450. The van der Waals surface area contributed by atoms with Crippen molar-refractivity contribution < 1.29 is 9.59 Å². The molecule has 5 rings (SSSR count). The fourth-order valence-corrected chi connectivity index (χ4v) is 4.98. The van der Waals surface area contributed by atoms with E-state index in [1.54, 1.807) is 30.7 Å². The summed E-state index contributed by atoms with van der Waals surface area (Å²) in [6.45, 7) is 1.24. The standard InChI is InChI=1S/C28H31N7O2/c1-33(2)28-30-17-21(19-8-7-9-20(16-19)27(29)37)26(32-28)24-12-5-6-14-35(24)25(36)13-15-34-18-31-22-10-3-4-11-23(22)34/h3-4,7-11,16-18,24H,5-6,12-15H2,1-2H3,(H2,29,37)/t24-/m1/s1. The SMILES string of the molecule is CN(C)c1ncc(-c2cccc(C(N)=O)c2)c([C@H]2CCCCN2C(=O)CCn2cnc3ccccc32)n1. The zero-order valence-electron chi connectivity index (χ0n) is 21.2. The number of amides is 2. The molecule has 1 aliphatic rings. The first-order valence-corrected chi connectivity index (χ1v) is 12.6. The van der Waals surface area contributed by atoms with Crippen LogP contribution in [0, 0.1) is 0 Å². The van der Waals surface area contributed by atoms with E-state index >= 15 is 0 Å². The van der Waals surface area contributed by atoms with E-state index in [4.69, 9.17) is 10.7 Å². The number of benzene rings is 2. The Morgan fingerprint density at radius 3 is 2.73 bits per heavy atom. The minimum Gasteiger partial charge on any atom is -0.366 e. The number of hydrogen-bond donors (Lipinski definition) is 1. The zero-order valence-corrected chi connectivity index (χ0v) is 21.2. The van der Waals surface area contributed by atoms with Crippen LogP contribution in [0.2, 0.25) is 0 Å². The van der Waals surface area contributed by atoms with Gasteiger partial charge < -0.3 is 20.1 Å². The lowest BCUT2D eigenvalue weighted by Crippen LogP contribution is -2.39. The molecule has 190 valence electrons. The van der Waals surface area contributed by atoms with E-state index in [0.717, 1.165) is 47.1 Å². The van der Waals surface area contributed by atoms with Crippen LogP contribution in [0.1, 0.15) is 47.8 Å². The van der Waals surface area contributed by atoms with Gasteiger partial charge >= 0.3 is 0 Å². The first-order chi connectivity index (χ1) is 17.9. The van der Waals surface area contributed by atoms with Gasteiger partial charge in [0.05, 0.1) is 29.1 Å². The van der Waals surface area contributed by atoms with E-state index in [0.29, 0.717) is 31.0 Å². The van der Waals surface area contributed by atoms with E-state index in [1.165, 1.54) is 0 Å². The smallest absolute Gasteiger partial charge is 0.248 e. The molecule has 0 radical (unpaired) electrons. The average Bonchev–Trinajstić information content (AvgIpc) is 3.34. The topological polar surface area (TPSA) is 110 Å². The highest BCUT2D eigenvalue weighted by Crippen LogP contribution is 2.37. The third-order valence-corrected chi connectivity index (χ3v) is 6.90. The Kier molecular flexibility index (Phi) is 6.85. The Morgan fingerprint density at radius 1 is 1.08 bits per heavy atom. The van der Waals surface area contributed by atoms with Gasteiger partial charge in [-0.2, -0.15) is 0 Å². The van der Waals surface area contributed by atoms with Crippen molar-refractivity contribution in [1.29, 1.82) is 0 Å². The van der Waals surface area contributed by atoms with Crippen molar-refractivity contribution in [3.8, 4) is 11.1 Å². The Morgan fingerprint density at radius 2 is 1.92 bits per heavy atom. The molecular weight excluding hydrogens is 466 g/mol. The summed E-state index contributed by atoms with van der Waals surface area (Å²) < 4.78 is 2.03. The van der Waals surface area contributed by atoms with Gasteiger partial charge in [-0.15, -0.1) is 0 Å². The number of nitrogens with two attached hydrogens (primary N) is 1. The summed E-state index contributed by atoms with van der Waals surface area (Å²) in [7, 11) is 3.79. The molecule has 9 heteroatoms. The van der Waals surface area contributed by atoms with Crippen LogP contribution in [0.4, 0.5) is 5.95 Å². The summed E-state index contributed by atoms with van der Waals surface area (Å²) >= 11 is 0. The van der Waals surface area contributed by atoms with Crippen LogP contribution in [0.15, 0.2) is 61.1 Å². The first kappa shape index (κ1) is 24.4. The molecular formula is C28H31N7O2. The average molecular weight is 498 g/mol. The highest BCUT2D eigenvalue weighted by atomic mass is 16.2. The van der Waals surface area contributed by atoms with Crippen LogP contribution in [0.5, 0.6) is 0 Å². The van der Waals surface area contributed by atoms with Gasteiger partial charge in [-0.1, -0.05) is 24.3 Å². The number of aromatic nitrogens is 4. The summed E-state index contributed by atoms with van der Waals surface area (Å²) in [5, 5.41) is 0. The number of nitrogens with zero attached hydrogens (tertiary/aromatic N) is 6. The van der Waals surface area contributed by atoms with E-state index in [1.807, 2.05) is 58.8 Å². The molecule has 9 nitrogen and oxygen atoms in total. The van der Waals surface area contributed by atoms with E-state index in [2.05, 4.69) is 9.97 Å². The molecule has 0 saturated carbocycles. The molecule has 1 aliphatic heterocycles. The molecule has 0 unspecified atom stereocenters. The second-order valence-electron chi connectivity index (χ2n) is 9.58. The van der Waals surface area contributed by atoms with Crippen molar-refractivity contribution in [1.82, 2.24) is 24.4 Å². The van der Waals surface area contributed by atoms with Gasteiger partial charge in [-0.05, 0) is 49.1 Å². The molecule has 0 bridgehead atoms. The number of likely N-dealkylation sites (tertiary alicyclic amines) is 1.